The zero-order chi connectivity index (χ0) is 17.3. The van der Waals surface area contributed by atoms with E-state index in [1.807, 2.05) is 24.3 Å². The summed E-state index contributed by atoms with van der Waals surface area (Å²) in [6, 6.07) is 7.77. The first kappa shape index (κ1) is 16.2. The number of hydrogen-bond acceptors (Lipinski definition) is 5. The average Bonchev–Trinajstić information content (AvgIpc) is 2.94. The summed E-state index contributed by atoms with van der Waals surface area (Å²) in [5.41, 5.74) is 1.60. The predicted octanol–water partition coefficient (Wildman–Crippen LogP) is 2.40. The number of carbonyl (C=O) groups excluding carboxylic acids is 2. The van der Waals surface area contributed by atoms with Crippen LogP contribution in [-0.4, -0.2) is 41.4 Å². The number of esters is 2. The van der Waals surface area contributed by atoms with Crippen molar-refractivity contribution < 1.29 is 19.1 Å². The molecule has 0 fully saturated rings. The number of aromatic nitrogens is 1. The number of benzene rings is 1. The molecule has 6 nitrogen and oxygen atoms in total. The molecule has 1 aromatic heterocycles. The van der Waals surface area contributed by atoms with E-state index in [0.29, 0.717) is 5.71 Å². The highest BCUT2D eigenvalue weighted by atomic mass is 16.6. The van der Waals surface area contributed by atoms with Crippen molar-refractivity contribution in [3.05, 3.63) is 35.5 Å². The Hall–Kier alpha value is -2.63. The van der Waals surface area contributed by atoms with E-state index in [2.05, 4.69) is 9.98 Å². The van der Waals surface area contributed by atoms with Gasteiger partial charge in [-0.3, -0.25) is 4.99 Å². The Morgan fingerprint density at radius 3 is 2.42 bits per heavy atom. The van der Waals surface area contributed by atoms with Crippen LogP contribution in [0.25, 0.3) is 10.9 Å². The lowest BCUT2D eigenvalue weighted by Gasteiger charge is -2.29. The molecule has 0 bridgehead atoms. The van der Waals surface area contributed by atoms with Crippen molar-refractivity contribution in [2.24, 2.45) is 4.99 Å². The third-order valence-electron chi connectivity index (χ3n) is 4.19. The number of rotatable bonds is 4. The summed E-state index contributed by atoms with van der Waals surface area (Å²) in [5.74, 6) is -1.34. The SMILES string of the molecule is CCOC(=O)C1(C(=O)OCC)Cc2c([nH]c3ccccc23)C(C)=N1. The Bertz CT molecular complexity index is 817. The van der Waals surface area contributed by atoms with Crippen LogP contribution in [-0.2, 0) is 25.5 Å². The minimum Gasteiger partial charge on any atom is -0.464 e. The molecule has 0 radical (unpaired) electrons. The highest BCUT2D eigenvalue weighted by Crippen LogP contribution is 2.34. The van der Waals surface area contributed by atoms with Gasteiger partial charge < -0.3 is 14.5 Å². The van der Waals surface area contributed by atoms with E-state index in [-0.39, 0.29) is 19.6 Å². The van der Waals surface area contributed by atoms with Crippen molar-refractivity contribution in [3.8, 4) is 0 Å². The van der Waals surface area contributed by atoms with Crippen LogP contribution in [0.2, 0.25) is 0 Å². The first-order valence-electron chi connectivity index (χ1n) is 8.04. The highest BCUT2D eigenvalue weighted by Gasteiger charge is 2.52. The van der Waals surface area contributed by atoms with Gasteiger partial charge >= 0.3 is 11.9 Å². The van der Waals surface area contributed by atoms with E-state index < -0.39 is 17.5 Å². The van der Waals surface area contributed by atoms with Gasteiger partial charge in [0.2, 0.25) is 0 Å². The van der Waals surface area contributed by atoms with Gasteiger partial charge in [0, 0.05) is 17.3 Å². The van der Waals surface area contributed by atoms with E-state index in [4.69, 9.17) is 9.47 Å². The molecular formula is C18H20N2O4. The zero-order valence-corrected chi connectivity index (χ0v) is 14.0. The second kappa shape index (κ2) is 6.11. The summed E-state index contributed by atoms with van der Waals surface area (Å²) in [6.45, 7) is 5.53. The standard InChI is InChI=1S/C18H20N2O4/c1-4-23-16(21)18(17(22)24-5-2)10-13-12-8-6-7-9-14(12)19-15(13)11(3)20-18/h6-9,19H,4-5,10H2,1-3H3. The van der Waals surface area contributed by atoms with Gasteiger partial charge in [-0.25, -0.2) is 9.59 Å². The average molecular weight is 328 g/mol. The molecule has 2 aromatic rings. The summed E-state index contributed by atoms with van der Waals surface area (Å²) >= 11 is 0. The maximum Gasteiger partial charge on any atom is 0.346 e. The number of nitrogens with one attached hydrogen (secondary N) is 1. The largest absolute Gasteiger partial charge is 0.464 e. The van der Waals surface area contributed by atoms with E-state index in [1.54, 1.807) is 20.8 Å². The molecule has 0 atom stereocenters. The quantitative estimate of drug-likeness (QED) is 0.690. The molecule has 6 heteroatoms. The summed E-state index contributed by atoms with van der Waals surface area (Å²) in [4.78, 5) is 33.0. The summed E-state index contributed by atoms with van der Waals surface area (Å²) in [6.07, 6.45) is 0.126. The molecule has 3 rings (SSSR count). The summed E-state index contributed by atoms with van der Waals surface area (Å²) in [7, 11) is 0. The number of H-pyrrole nitrogens is 1. The number of fused-ring (bicyclic) bond motifs is 3. The van der Waals surface area contributed by atoms with Crippen molar-refractivity contribution in [1.82, 2.24) is 4.98 Å². The first-order valence-corrected chi connectivity index (χ1v) is 8.04. The van der Waals surface area contributed by atoms with Gasteiger partial charge in [0.25, 0.3) is 5.54 Å². The van der Waals surface area contributed by atoms with E-state index in [1.165, 1.54) is 0 Å². The van der Waals surface area contributed by atoms with Crippen LogP contribution in [0.3, 0.4) is 0 Å². The molecule has 1 aliphatic rings. The first-order chi connectivity index (χ1) is 11.5. The summed E-state index contributed by atoms with van der Waals surface area (Å²) < 4.78 is 10.3. The minimum absolute atomic E-state index is 0.126. The molecular weight excluding hydrogens is 308 g/mol. The van der Waals surface area contributed by atoms with Crippen molar-refractivity contribution in [3.63, 3.8) is 0 Å². The Kier molecular flexibility index (Phi) is 4.13. The van der Waals surface area contributed by atoms with Gasteiger partial charge in [-0.2, -0.15) is 0 Å². The maximum atomic E-state index is 12.6. The molecule has 1 aromatic carbocycles. The Morgan fingerprint density at radius 2 is 1.79 bits per heavy atom. The van der Waals surface area contributed by atoms with Crippen LogP contribution in [0, 0.1) is 0 Å². The van der Waals surface area contributed by atoms with Crippen LogP contribution in [0.4, 0.5) is 0 Å². The Balaban J connectivity index is 2.17. The molecule has 0 amide bonds. The fourth-order valence-corrected chi connectivity index (χ4v) is 3.15. The molecule has 0 unspecified atom stereocenters. The van der Waals surface area contributed by atoms with Gasteiger partial charge in [-0.15, -0.1) is 0 Å². The maximum absolute atomic E-state index is 12.6. The molecule has 0 spiro atoms. The van der Waals surface area contributed by atoms with Gasteiger partial charge in [0.05, 0.1) is 24.6 Å². The number of hydrogen-bond donors (Lipinski definition) is 1. The molecule has 0 saturated heterocycles. The molecule has 1 aliphatic heterocycles. The Morgan fingerprint density at radius 1 is 1.17 bits per heavy atom. The topological polar surface area (TPSA) is 80.8 Å². The van der Waals surface area contributed by atoms with Gasteiger partial charge in [0.15, 0.2) is 0 Å². The minimum atomic E-state index is -1.67. The molecule has 24 heavy (non-hydrogen) atoms. The lowest BCUT2D eigenvalue weighted by Crippen LogP contribution is -2.51. The Labute approximate surface area is 139 Å². The second-order valence-electron chi connectivity index (χ2n) is 5.70. The molecule has 1 N–H and O–H groups in total. The van der Waals surface area contributed by atoms with Gasteiger partial charge in [-0.05, 0) is 32.4 Å². The molecule has 0 saturated carbocycles. The van der Waals surface area contributed by atoms with Crippen molar-refractivity contribution in [2.45, 2.75) is 32.7 Å². The number of para-hydroxylation sites is 1. The monoisotopic (exact) mass is 328 g/mol. The van der Waals surface area contributed by atoms with Crippen molar-refractivity contribution in [1.29, 1.82) is 0 Å². The lowest BCUT2D eigenvalue weighted by atomic mass is 9.86. The second-order valence-corrected chi connectivity index (χ2v) is 5.70. The zero-order valence-electron chi connectivity index (χ0n) is 14.0. The van der Waals surface area contributed by atoms with Crippen LogP contribution < -0.4 is 0 Å². The molecule has 126 valence electrons. The fraction of sp³-hybridized carbons (Fsp3) is 0.389. The number of aliphatic imine (C=N–C) groups is 1. The lowest BCUT2D eigenvalue weighted by molar-refractivity contribution is -0.163. The highest BCUT2D eigenvalue weighted by molar-refractivity contribution is 6.14. The molecule has 2 heterocycles. The van der Waals surface area contributed by atoms with Crippen LogP contribution in [0.15, 0.2) is 29.3 Å². The van der Waals surface area contributed by atoms with Crippen LogP contribution in [0.1, 0.15) is 32.0 Å². The number of aromatic amines is 1. The summed E-state index contributed by atoms with van der Waals surface area (Å²) in [5, 5.41) is 0.972. The van der Waals surface area contributed by atoms with Crippen LogP contribution in [0.5, 0.6) is 0 Å². The van der Waals surface area contributed by atoms with E-state index in [9.17, 15) is 9.59 Å². The third-order valence-corrected chi connectivity index (χ3v) is 4.19. The number of ether oxygens (including phenoxy) is 2. The van der Waals surface area contributed by atoms with Crippen molar-refractivity contribution in [2.75, 3.05) is 13.2 Å². The molecule has 0 aliphatic carbocycles. The van der Waals surface area contributed by atoms with Gasteiger partial charge in [-0.1, -0.05) is 18.2 Å². The van der Waals surface area contributed by atoms with E-state index >= 15 is 0 Å². The predicted molar refractivity (Wildman–Crippen MR) is 90.2 cm³/mol. The smallest absolute Gasteiger partial charge is 0.346 e. The van der Waals surface area contributed by atoms with E-state index in [0.717, 1.165) is 22.2 Å². The number of carbonyl (C=O) groups is 2. The third kappa shape index (κ3) is 2.38. The van der Waals surface area contributed by atoms with Crippen molar-refractivity contribution >= 4 is 28.6 Å². The normalized spacial score (nSPS) is 15.5. The fourth-order valence-electron chi connectivity index (χ4n) is 3.15. The number of nitrogens with zero attached hydrogens (tertiary/aromatic N) is 1. The van der Waals surface area contributed by atoms with Crippen LogP contribution >= 0.6 is 0 Å². The van der Waals surface area contributed by atoms with Gasteiger partial charge in [0.1, 0.15) is 0 Å².